The van der Waals surface area contributed by atoms with Gasteiger partial charge in [-0.3, -0.25) is 0 Å². The van der Waals surface area contributed by atoms with Crippen molar-refractivity contribution in [3.8, 4) is 0 Å². The zero-order chi connectivity index (χ0) is 12.9. The van der Waals surface area contributed by atoms with E-state index in [-0.39, 0.29) is 6.61 Å². The van der Waals surface area contributed by atoms with Gasteiger partial charge < -0.3 is 19.7 Å². The van der Waals surface area contributed by atoms with Gasteiger partial charge in [0.2, 0.25) is 0 Å². The first-order chi connectivity index (χ1) is 8.00. The molecule has 5 heteroatoms. The Morgan fingerprint density at radius 2 is 1.88 bits per heavy atom. The van der Waals surface area contributed by atoms with Crippen LogP contribution in [0.4, 0.5) is 0 Å². The second-order valence-corrected chi connectivity index (χ2v) is 9.79. The quantitative estimate of drug-likeness (QED) is 0.627. The molecule has 0 spiro atoms. The van der Waals surface area contributed by atoms with Gasteiger partial charge in [-0.25, -0.2) is 0 Å². The Morgan fingerprint density at radius 1 is 1.18 bits per heavy atom. The number of rotatable bonds is 6. The van der Waals surface area contributed by atoms with Crippen LogP contribution in [0.2, 0.25) is 18.6 Å². The van der Waals surface area contributed by atoms with E-state index in [1.54, 1.807) is 7.11 Å². The zero-order valence-electron chi connectivity index (χ0n) is 10.9. The molecule has 17 heavy (non-hydrogen) atoms. The van der Waals surface area contributed by atoms with Gasteiger partial charge in [-0.05, 0) is 43.8 Å². The molecule has 4 unspecified atom stereocenters. The molecule has 0 heterocycles. The summed E-state index contributed by atoms with van der Waals surface area (Å²) >= 11 is 0. The molecule has 4 nitrogen and oxygen atoms in total. The van der Waals surface area contributed by atoms with Gasteiger partial charge in [-0.1, -0.05) is 6.42 Å². The van der Waals surface area contributed by atoms with E-state index >= 15 is 0 Å². The lowest BCUT2D eigenvalue weighted by Crippen LogP contribution is -2.37. The fourth-order valence-corrected chi connectivity index (χ4v) is 4.70. The van der Waals surface area contributed by atoms with Crippen molar-refractivity contribution in [3.05, 3.63) is 0 Å². The number of hydrogen-bond acceptors (Lipinski definition) is 4. The Balaban J connectivity index is 2.34. The van der Waals surface area contributed by atoms with E-state index in [1.807, 2.05) is 0 Å². The van der Waals surface area contributed by atoms with E-state index < -0.39 is 20.5 Å². The van der Waals surface area contributed by atoms with Gasteiger partial charge in [-0.15, -0.1) is 0 Å². The third-order valence-electron chi connectivity index (χ3n) is 4.10. The molecular formula is C12H26O4Si. The Hall–Kier alpha value is 0.0569. The minimum Gasteiger partial charge on any atom is -0.420 e. The summed E-state index contributed by atoms with van der Waals surface area (Å²) in [5, 5.41) is 28.1. The van der Waals surface area contributed by atoms with E-state index in [4.69, 9.17) is 9.53 Å². The van der Waals surface area contributed by atoms with Crippen molar-refractivity contribution < 1.29 is 19.7 Å². The highest BCUT2D eigenvalue weighted by atomic mass is 28.4. The number of aliphatic hydroxyl groups excluding tert-OH is 3. The van der Waals surface area contributed by atoms with Gasteiger partial charge in [0.1, 0.15) is 0 Å². The van der Waals surface area contributed by atoms with Crippen molar-refractivity contribution in [1.29, 1.82) is 0 Å². The fraction of sp³-hybridized carbons (Fsp3) is 1.00. The van der Waals surface area contributed by atoms with E-state index in [9.17, 15) is 10.2 Å². The summed E-state index contributed by atoms with van der Waals surface area (Å²) in [7, 11) is -0.00304. The molecule has 0 aliphatic heterocycles. The van der Waals surface area contributed by atoms with Crippen molar-refractivity contribution in [3.63, 3.8) is 0 Å². The van der Waals surface area contributed by atoms with Crippen LogP contribution in [0, 0.1) is 5.92 Å². The van der Waals surface area contributed by atoms with Crippen LogP contribution in [-0.2, 0) is 4.43 Å². The highest BCUT2D eigenvalue weighted by molar-refractivity contribution is 6.72. The highest BCUT2D eigenvalue weighted by Gasteiger charge is 2.31. The van der Waals surface area contributed by atoms with Crippen LogP contribution < -0.4 is 0 Å². The normalized spacial score (nSPS) is 33.4. The minimum absolute atomic E-state index is 0.197. The van der Waals surface area contributed by atoms with E-state index in [0.29, 0.717) is 18.8 Å². The molecule has 0 aromatic rings. The molecule has 0 amide bonds. The second kappa shape index (κ2) is 6.85. The summed E-state index contributed by atoms with van der Waals surface area (Å²) in [5.74, 6) is 0.495. The molecule has 0 aromatic heterocycles. The van der Waals surface area contributed by atoms with Crippen LogP contribution in [-0.4, -0.2) is 49.6 Å². The molecule has 3 N–H and O–H groups in total. The van der Waals surface area contributed by atoms with Gasteiger partial charge in [0, 0.05) is 13.7 Å². The molecule has 0 aromatic carbocycles. The smallest absolute Gasteiger partial charge is 0.191 e. The molecule has 0 radical (unpaired) electrons. The maximum Gasteiger partial charge on any atom is 0.191 e. The Bertz CT molecular complexity index is 227. The minimum atomic E-state index is -1.74. The van der Waals surface area contributed by atoms with Crippen LogP contribution >= 0.6 is 0 Å². The number of aliphatic hydroxyl groups is 3. The average molecular weight is 262 g/mol. The number of hydrogen-bond donors (Lipinski definition) is 3. The molecule has 102 valence electrons. The van der Waals surface area contributed by atoms with Crippen molar-refractivity contribution in [1.82, 2.24) is 0 Å². The molecule has 1 aliphatic carbocycles. The summed E-state index contributed by atoms with van der Waals surface area (Å²) in [5.41, 5.74) is 0. The Labute approximate surface area is 105 Å². The van der Waals surface area contributed by atoms with E-state index in [0.717, 1.165) is 24.9 Å². The lowest BCUT2D eigenvalue weighted by atomic mass is 9.84. The molecule has 1 aliphatic rings. The van der Waals surface area contributed by atoms with Crippen LogP contribution in [0.15, 0.2) is 0 Å². The van der Waals surface area contributed by atoms with E-state index in [1.165, 1.54) is 0 Å². The molecule has 1 saturated carbocycles. The third-order valence-corrected chi connectivity index (χ3v) is 7.72. The predicted octanol–water partition coefficient (Wildman–Crippen LogP) is 1.11. The second-order valence-electron chi connectivity index (χ2n) is 5.48. The standard InChI is InChI=1S/C12H26O4Si/c1-16-17(2,8-6-13)7-5-10-3-4-11(14)12(15)9-10/h10-15H,3-9H2,1-2H3. The monoisotopic (exact) mass is 262 g/mol. The predicted molar refractivity (Wildman–Crippen MR) is 69.3 cm³/mol. The SMILES string of the molecule is CO[Si](C)(CCO)CCC1CCC(O)C(O)C1. The van der Waals surface area contributed by atoms with Gasteiger partial charge in [0.25, 0.3) is 0 Å². The third kappa shape index (κ3) is 4.67. The lowest BCUT2D eigenvalue weighted by molar-refractivity contribution is -0.0259. The molecule has 1 rings (SSSR count). The van der Waals surface area contributed by atoms with Crippen molar-refractivity contribution in [2.75, 3.05) is 13.7 Å². The first-order valence-corrected chi connectivity index (χ1v) is 9.35. The zero-order valence-corrected chi connectivity index (χ0v) is 11.9. The molecular weight excluding hydrogens is 236 g/mol. The summed E-state index contributed by atoms with van der Waals surface area (Å²) in [6.07, 6.45) is 2.36. The van der Waals surface area contributed by atoms with Crippen LogP contribution in [0.5, 0.6) is 0 Å². The summed E-state index contributed by atoms with van der Waals surface area (Å²) in [6, 6.07) is 1.80. The Kier molecular flexibility index (Phi) is 6.09. The fourth-order valence-electron chi connectivity index (χ4n) is 2.55. The van der Waals surface area contributed by atoms with Gasteiger partial charge >= 0.3 is 0 Å². The van der Waals surface area contributed by atoms with Crippen LogP contribution in [0.3, 0.4) is 0 Å². The van der Waals surface area contributed by atoms with Crippen LogP contribution in [0.25, 0.3) is 0 Å². The molecule has 4 atom stereocenters. The first kappa shape index (κ1) is 15.1. The summed E-state index contributed by atoms with van der Waals surface area (Å²) < 4.78 is 5.58. The molecule has 0 saturated heterocycles. The van der Waals surface area contributed by atoms with Gasteiger partial charge in [0.05, 0.1) is 12.2 Å². The first-order valence-electron chi connectivity index (χ1n) is 6.53. The maximum absolute atomic E-state index is 9.63. The summed E-state index contributed by atoms with van der Waals surface area (Å²) in [4.78, 5) is 0. The van der Waals surface area contributed by atoms with Crippen LogP contribution in [0.1, 0.15) is 25.7 Å². The highest BCUT2D eigenvalue weighted by Crippen LogP contribution is 2.31. The lowest BCUT2D eigenvalue weighted by Gasteiger charge is -2.32. The molecule has 0 bridgehead atoms. The molecule has 1 fully saturated rings. The topological polar surface area (TPSA) is 69.9 Å². The largest absolute Gasteiger partial charge is 0.420 e. The van der Waals surface area contributed by atoms with Crippen molar-refractivity contribution in [2.24, 2.45) is 5.92 Å². The van der Waals surface area contributed by atoms with Crippen molar-refractivity contribution in [2.45, 2.75) is 56.5 Å². The van der Waals surface area contributed by atoms with Gasteiger partial charge in [-0.2, -0.15) is 0 Å². The average Bonchev–Trinajstić information content (AvgIpc) is 2.31. The summed E-state index contributed by atoms with van der Waals surface area (Å²) in [6.45, 7) is 2.35. The van der Waals surface area contributed by atoms with E-state index in [2.05, 4.69) is 6.55 Å². The maximum atomic E-state index is 9.63. The van der Waals surface area contributed by atoms with Crippen molar-refractivity contribution >= 4 is 8.32 Å². The Morgan fingerprint density at radius 3 is 2.41 bits per heavy atom. The van der Waals surface area contributed by atoms with Gasteiger partial charge in [0.15, 0.2) is 8.32 Å².